The zero-order valence-corrected chi connectivity index (χ0v) is 9.86. The molecule has 0 saturated carbocycles. The molecule has 0 spiro atoms. The Hall–Kier alpha value is -3.16. The van der Waals surface area contributed by atoms with E-state index in [-0.39, 0.29) is 11.3 Å². The lowest BCUT2D eigenvalue weighted by Gasteiger charge is -2.05. The molecule has 0 atom stereocenters. The van der Waals surface area contributed by atoms with E-state index in [1.807, 2.05) is 4.98 Å². The van der Waals surface area contributed by atoms with Crippen LogP contribution in [0.3, 0.4) is 0 Å². The molecule has 0 aliphatic carbocycles. The van der Waals surface area contributed by atoms with Gasteiger partial charge in [0.05, 0.1) is 11.3 Å². The molecule has 0 aliphatic rings. The van der Waals surface area contributed by atoms with Crippen molar-refractivity contribution in [1.82, 2.24) is 9.55 Å². The third kappa shape index (κ3) is 2.34. The van der Waals surface area contributed by atoms with Gasteiger partial charge in [-0.1, -0.05) is 6.07 Å². The molecule has 102 valence electrons. The van der Waals surface area contributed by atoms with Crippen molar-refractivity contribution < 1.29 is 19.8 Å². The van der Waals surface area contributed by atoms with E-state index in [0.717, 1.165) is 12.1 Å². The van der Waals surface area contributed by atoms with Crippen LogP contribution in [-0.4, -0.2) is 31.7 Å². The Bertz CT molecular complexity index is 786. The molecular weight excluding hydrogens is 268 g/mol. The molecule has 20 heavy (non-hydrogen) atoms. The highest BCUT2D eigenvalue weighted by Crippen LogP contribution is 2.07. The Balaban J connectivity index is 2.68. The fraction of sp³-hybridized carbons (Fsp3) is 0. The van der Waals surface area contributed by atoms with Crippen LogP contribution >= 0.6 is 0 Å². The van der Waals surface area contributed by atoms with E-state index in [4.69, 9.17) is 10.2 Å². The Morgan fingerprint density at radius 2 is 1.75 bits per heavy atom. The van der Waals surface area contributed by atoms with Gasteiger partial charge in [-0.05, 0) is 18.2 Å². The van der Waals surface area contributed by atoms with E-state index in [1.54, 1.807) is 0 Å². The number of benzene rings is 1. The summed E-state index contributed by atoms with van der Waals surface area (Å²) in [6, 6.07) is 5.92. The van der Waals surface area contributed by atoms with Gasteiger partial charge in [0.1, 0.15) is 5.69 Å². The van der Waals surface area contributed by atoms with Gasteiger partial charge in [-0.15, -0.1) is 0 Å². The maximum absolute atomic E-state index is 11.8. The molecule has 0 unspecified atom stereocenters. The number of hydrogen-bond donors (Lipinski definition) is 3. The highest BCUT2D eigenvalue weighted by Gasteiger charge is 2.12. The second-order valence-corrected chi connectivity index (χ2v) is 3.82. The van der Waals surface area contributed by atoms with Crippen molar-refractivity contribution in [3.63, 3.8) is 0 Å². The minimum absolute atomic E-state index is 0.0353. The average Bonchev–Trinajstić information content (AvgIpc) is 2.38. The minimum Gasteiger partial charge on any atom is -0.478 e. The first kappa shape index (κ1) is 13.3. The molecule has 2 aromatic rings. The van der Waals surface area contributed by atoms with Crippen LogP contribution in [0.15, 0.2) is 39.9 Å². The third-order valence-electron chi connectivity index (χ3n) is 2.51. The van der Waals surface area contributed by atoms with E-state index < -0.39 is 28.9 Å². The first-order valence-electron chi connectivity index (χ1n) is 5.33. The van der Waals surface area contributed by atoms with Gasteiger partial charge in [-0.3, -0.25) is 4.79 Å². The molecule has 1 aromatic heterocycles. The Morgan fingerprint density at radius 1 is 1.05 bits per heavy atom. The summed E-state index contributed by atoms with van der Waals surface area (Å²) < 4.78 is 0.652. The third-order valence-corrected chi connectivity index (χ3v) is 2.51. The number of nitrogens with one attached hydrogen (secondary N) is 1. The molecule has 0 saturated heterocycles. The quantitative estimate of drug-likeness (QED) is 0.719. The second-order valence-electron chi connectivity index (χ2n) is 3.82. The van der Waals surface area contributed by atoms with Crippen LogP contribution in [-0.2, 0) is 0 Å². The van der Waals surface area contributed by atoms with Crippen LogP contribution in [0.2, 0.25) is 0 Å². The van der Waals surface area contributed by atoms with E-state index in [1.165, 1.54) is 18.2 Å². The number of aromatic carboxylic acids is 2. The molecule has 0 radical (unpaired) electrons. The van der Waals surface area contributed by atoms with Crippen molar-refractivity contribution in [2.24, 2.45) is 0 Å². The fourth-order valence-corrected chi connectivity index (χ4v) is 1.63. The molecule has 0 aliphatic heterocycles. The molecule has 0 amide bonds. The maximum atomic E-state index is 11.8. The van der Waals surface area contributed by atoms with Gasteiger partial charge >= 0.3 is 17.6 Å². The summed E-state index contributed by atoms with van der Waals surface area (Å²) in [6.07, 6.45) is 0. The normalized spacial score (nSPS) is 10.2. The number of rotatable bonds is 3. The zero-order valence-electron chi connectivity index (χ0n) is 9.86. The summed E-state index contributed by atoms with van der Waals surface area (Å²) in [7, 11) is 0. The van der Waals surface area contributed by atoms with Crippen LogP contribution in [0.1, 0.15) is 20.8 Å². The van der Waals surface area contributed by atoms with Crippen LogP contribution in [0.25, 0.3) is 5.69 Å². The smallest absolute Gasteiger partial charge is 0.352 e. The average molecular weight is 276 g/mol. The number of carboxylic acids is 2. The molecular formula is C12H8N2O6. The molecule has 8 heteroatoms. The van der Waals surface area contributed by atoms with Crippen molar-refractivity contribution in [2.75, 3.05) is 0 Å². The van der Waals surface area contributed by atoms with Crippen LogP contribution in [0.4, 0.5) is 0 Å². The molecule has 3 N–H and O–H groups in total. The molecule has 0 fully saturated rings. The van der Waals surface area contributed by atoms with Crippen molar-refractivity contribution in [3.8, 4) is 5.69 Å². The molecule has 0 bridgehead atoms. The van der Waals surface area contributed by atoms with E-state index in [9.17, 15) is 19.2 Å². The number of H-pyrrole nitrogens is 1. The highest BCUT2D eigenvalue weighted by molar-refractivity contribution is 5.88. The maximum Gasteiger partial charge on any atom is 0.352 e. The first-order chi connectivity index (χ1) is 9.40. The number of carbonyl (C=O) groups is 2. The zero-order chi connectivity index (χ0) is 14.9. The van der Waals surface area contributed by atoms with Gasteiger partial charge in [0.25, 0.3) is 5.56 Å². The second kappa shape index (κ2) is 4.84. The lowest BCUT2D eigenvalue weighted by Crippen LogP contribution is -2.35. The molecule has 1 aromatic carbocycles. The van der Waals surface area contributed by atoms with Gasteiger partial charge in [-0.2, -0.15) is 0 Å². The largest absolute Gasteiger partial charge is 0.478 e. The molecule has 2 rings (SSSR count). The summed E-state index contributed by atoms with van der Waals surface area (Å²) in [5, 5.41) is 17.6. The van der Waals surface area contributed by atoms with E-state index in [0.29, 0.717) is 4.57 Å². The lowest BCUT2D eigenvalue weighted by molar-refractivity contribution is 0.0682. The van der Waals surface area contributed by atoms with Crippen LogP contribution in [0.5, 0.6) is 0 Å². The summed E-state index contributed by atoms with van der Waals surface area (Å²) in [5.74, 6) is -2.65. The van der Waals surface area contributed by atoms with Crippen molar-refractivity contribution in [3.05, 3.63) is 62.4 Å². The van der Waals surface area contributed by atoms with Crippen LogP contribution < -0.4 is 11.2 Å². The number of aromatic nitrogens is 2. The Labute approximate surface area is 110 Å². The number of carboxylic acid groups (broad SMARTS) is 2. The predicted molar refractivity (Wildman–Crippen MR) is 66.6 cm³/mol. The SMILES string of the molecule is O=C(O)c1cccc(-n2c(=O)cc(C(=O)O)[nH]c2=O)c1. The minimum atomic E-state index is -1.44. The number of hydrogen-bond acceptors (Lipinski definition) is 4. The fourth-order valence-electron chi connectivity index (χ4n) is 1.63. The first-order valence-corrected chi connectivity index (χ1v) is 5.33. The standard InChI is InChI=1S/C12H8N2O6/c15-9-5-8(11(18)19)13-12(20)14(9)7-3-1-2-6(4-7)10(16)17/h1-5H,(H,13,20)(H,16,17)(H,18,19). The Morgan fingerprint density at radius 3 is 2.30 bits per heavy atom. The molecule has 8 nitrogen and oxygen atoms in total. The van der Waals surface area contributed by atoms with Crippen molar-refractivity contribution in [2.45, 2.75) is 0 Å². The number of nitrogens with zero attached hydrogens (tertiary/aromatic N) is 1. The summed E-state index contributed by atoms with van der Waals surface area (Å²) in [4.78, 5) is 47.1. The van der Waals surface area contributed by atoms with Gasteiger partial charge in [0.15, 0.2) is 0 Å². The topological polar surface area (TPSA) is 129 Å². The van der Waals surface area contributed by atoms with Crippen molar-refractivity contribution in [1.29, 1.82) is 0 Å². The number of aromatic amines is 1. The van der Waals surface area contributed by atoms with E-state index >= 15 is 0 Å². The van der Waals surface area contributed by atoms with Gasteiger partial charge in [0, 0.05) is 6.07 Å². The Kier molecular flexibility index (Phi) is 3.21. The van der Waals surface area contributed by atoms with Gasteiger partial charge < -0.3 is 15.2 Å². The summed E-state index contributed by atoms with van der Waals surface area (Å²) in [5.41, 5.74) is -2.43. The lowest BCUT2D eigenvalue weighted by atomic mass is 10.2. The van der Waals surface area contributed by atoms with E-state index in [2.05, 4.69) is 0 Å². The molecule has 1 heterocycles. The summed E-state index contributed by atoms with van der Waals surface area (Å²) in [6.45, 7) is 0. The van der Waals surface area contributed by atoms with Gasteiger partial charge in [0.2, 0.25) is 0 Å². The predicted octanol–water partition coefficient (Wildman–Crippen LogP) is -0.0778. The monoisotopic (exact) mass is 276 g/mol. The van der Waals surface area contributed by atoms with Crippen LogP contribution in [0, 0.1) is 0 Å². The van der Waals surface area contributed by atoms with Crippen molar-refractivity contribution >= 4 is 11.9 Å². The summed E-state index contributed by atoms with van der Waals surface area (Å²) >= 11 is 0. The highest BCUT2D eigenvalue weighted by atomic mass is 16.4. The van der Waals surface area contributed by atoms with Gasteiger partial charge in [-0.25, -0.2) is 19.0 Å².